The van der Waals surface area contributed by atoms with Gasteiger partial charge in [0.2, 0.25) is 0 Å². The summed E-state index contributed by atoms with van der Waals surface area (Å²) in [5.74, 6) is 0. The molecule has 0 spiro atoms. The Morgan fingerprint density at radius 2 is 2.00 bits per heavy atom. The lowest BCUT2D eigenvalue weighted by molar-refractivity contribution is -0.0590. The smallest absolute Gasteiger partial charge is 0.106 e. The van der Waals surface area contributed by atoms with E-state index < -0.39 is 0 Å². The van der Waals surface area contributed by atoms with E-state index in [1.165, 1.54) is 30.4 Å². The molecule has 0 saturated heterocycles. The maximum atomic E-state index is 6.22. The SMILES string of the molecule is NC1CCCCCC1OCC1OCCc2ccccc21. The zero-order valence-corrected chi connectivity index (χ0v) is 12.1. The van der Waals surface area contributed by atoms with Crippen molar-refractivity contribution in [1.29, 1.82) is 0 Å². The Bertz CT molecular complexity index is 435. The molecule has 0 bridgehead atoms. The minimum atomic E-state index is 0.0791. The van der Waals surface area contributed by atoms with Gasteiger partial charge in [0.1, 0.15) is 6.10 Å². The van der Waals surface area contributed by atoms with Crippen molar-refractivity contribution in [2.75, 3.05) is 13.2 Å². The van der Waals surface area contributed by atoms with E-state index in [0.29, 0.717) is 6.61 Å². The summed E-state index contributed by atoms with van der Waals surface area (Å²) < 4.78 is 12.0. The van der Waals surface area contributed by atoms with Crippen LogP contribution in [0.3, 0.4) is 0 Å². The first kappa shape index (κ1) is 14.1. The van der Waals surface area contributed by atoms with Crippen molar-refractivity contribution in [3.63, 3.8) is 0 Å². The van der Waals surface area contributed by atoms with Crippen molar-refractivity contribution in [3.05, 3.63) is 35.4 Å². The van der Waals surface area contributed by atoms with Crippen LogP contribution in [-0.2, 0) is 15.9 Å². The van der Waals surface area contributed by atoms with Gasteiger partial charge in [-0.2, -0.15) is 0 Å². The van der Waals surface area contributed by atoms with Gasteiger partial charge >= 0.3 is 0 Å². The van der Waals surface area contributed by atoms with E-state index in [2.05, 4.69) is 24.3 Å². The van der Waals surface area contributed by atoms with Crippen LogP contribution in [0.2, 0.25) is 0 Å². The van der Waals surface area contributed by atoms with Crippen molar-refractivity contribution >= 4 is 0 Å². The van der Waals surface area contributed by atoms with Crippen molar-refractivity contribution in [2.24, 2.45) is 5.73 Å². The summed E-state index contributed by atoms with van der Waals surface area (Å²) in [6.45, 7) is 1.43. The molecule has 3 unspecified atom stereocenters. The second-order valence-corrected chi connectivity index (χ2v) is 5.98. The van der Waals surface area contributed by atoms with Gasteiger partial charge in [-0.05, 0) is 30.4 Å². The number of benzene rings is 1. The van der Waals surface area contributed by atoms with Gasteiger partial charge in [-0.15, -0.1) is 0 Å². The van der Waals surface area contributed by atoms with Gasteiger partial charge in [0.15, 0.2) is 0 Å². The van der Waals surface area contributed by atoms with E-state index in [9.17, 15) is 0 Å². The van der Waals surface area contributed by atoms with Crippen LogP contribution >= 0.6 is 0 Å². The van der Waals surface area contributed by atoms with Crippen molar-refractivity contribution in [3.8, 4) is 0 Å². The quantitative estimate of drug-likeness (QED) is 0.863. The maximum Gasteiger partial charge on any atom is 0.106 e. The van der Waals surface area contributed by atoms with Crippen LogP contribution in [0.4, 0.5) is 0 Å². The highest BCUT2D eigenvalue weighted by Gasteiger charge is 2.25. The predicted molar refractivity (Wildman–Crippen MR) is 79.6 cm³/mol. The van der Waals surface area contributed by atoms with Gasteiger partial charge in [0, 0.05) is 6.04 Å². The van der Waals surface area contributed by atoms with E-state index in [-0.39, 0.29) is 18.2 Å². The summed E-state index contributed by atoms with van der Waals surface area (Å²) in [7, 11) is 0. The molecule has 1 heterocycles. The van der Waals surface area contributed by atoms with Crippen LogP contribution in [0.1, 0.15) is 49.3 Å². The Morgan fingerprint density at radius 3 is 2.95 bits per heavy atom. The molecule has 2 N–H and O–H groups in total. The fraction of sp³-hybridized carbons (Fsp3) is 0.647. The minimum Gasteiger partial charge on any atom is -0.374 e. The van der Waals surface area contributed by atoms with Crippen molar-refractivity contribution in [1.82, 2.24) is 0 Å². The van der Waals surface area contributed by atoms with Crippen molar-refractivity contribution in [2.45, 2.75) is 56.8 Å². The Labute approximate surface area is 121 Å². The Kier molecular flexibility index (Phi) is 4.71. The fourth-order valence-corrected chi connectivity index (χ4v) is 3.34. The molecule has 1 saturated carbocycles. The molecule has 0 aromatic heterocycles. The van der Waals surface area contributed by atoms with Gasteiger partial charge in [-0.3, -0.25) is 0 Å². The summed E-state index contributed by atoms with van der Waals surface area (Å²) >= 11 is 0. The van der Waals surface area contributed by atoms with Crippen LogP contribution < -0.4 is 5.73 Å². The van der Waals surface area contributed by atoms with E-state index in [1.54, 1.807) is 0 Å². The second-order valence-electron chi connectivity index (χ2n) is 5.98. The fourth-order valence-electron chi connectivity index (χ4n) is 3.34. The molecule has 1 aliphatic heterocycles. The number of nitrogens with two attached hydrogens (primary N) is 1. The molecule has 1 fully saturated rings. The van der Waals surface area contributed by atoms with E-state index in [4.69, 9.17) is 15.2 Å². The molecule has 3 heteroatoms. The third-order valence-electron chi connectivity index (χ3n) is 4.56. The van der Waals surface area contributed by atoms with Gasteiger partial charge in [-0.25, -0.2) is 0 Å². The van der Waals surface area contributed by atoms with Crippen LogP contribution in [0.5, 0.6) is 0 Å². The molecule has 3 atom stereocenters. The molecule has 1 aliphatic carbocycles. The van der Waals surface area contributed by atoms with Gasteiger partial charge < -0.3 is 15.2 Å². The zero-order chi connectivity index (χ0) is 13.8. The summed E-state index contributed by atoms with van der Waals surface area (Å²) in [6.07, 6.45) is 7.24. The van der Waals surface area contributed by atoms with E-state index >= 15 is 0 Å². The molecule has 0 radical (unpaired) electrons. The van der Waals surface area contributed by atoms with Gasteiger partial charge in [0.25, 0.3) is 0 Å². The highest BCUT2D eigenvalue weighted by molar-refractivity contribution is 5.30. The molecule has 3 rings (SSSR count). The Balaban J connectivity index is 1.61. The molecular formula is C17H25NO2. The third kappa shape index (κ3) is 3.22. The first-order valence-corrected chi connectivity index (χ1v) is 7.91. The van der Waals surface area contributed by atoms with Crippen LogP contribution in [0.15, 0.2) is 24.3 Å². The molecule has 20 heavy (non-hydrogen) atoms. The monoisotopic (exact) mass is 275 g/mol. The molecule has 2 aliphatic rings. The lowest BCUT2D eigenvalue weighted by atomic mass is 9.98. The van der Waals surface area contributed by atoms with Gasteiger partial charge in [0.05, 0.1) is 19.3 Å². The summed E-state index contributed by atoms with van der Waals surface area (Å²) in [6, 6.07) is 8.73. The summed E-state index contributed by atoms with van der Waals surface area (Å²) in [4.78, 5) is 0. The number of rotatable bonds is 3. The summed E-state index contributed by atoms with van der Waals surface area (Å²) in [5.41, 5.74) is 8.92. The average molecular weight is 275 g/mol. The molecule has 1 aromatic carbocycles. The average Bonchev–Trinajstić information content (AvgIpc) is 2.69. The van der Waals surface area contributed by atoms with E-state index in [1.807, 2.05) is 0 Å². The van der Waals surface area contributed by atoms with E-state index in [0.717, 1.165) is 25.9 Å². The topological polar surface area (TPSA) is 44.5 Å². The van der Waals surface area contributed by atoms with Crippen LogP contribution in [0.25, 0.3) is 0 Å². The molecule has 0 amide bonds. The Hall–Kier alpha value is -0.900. The number of ether oxygens (including phenoxy) is 2. The summed E-state index contributed by atoms with van der Waals surface area (Å²) in [5, 5.41) is 0. The molecule has 1 aromatic rings. The second kappa shape index (κ2) is 6.70. The highest BCUT2D eigenvalue weighted by Crippen LogP contribution is 2.28. The molecule has 3 nitrogen and oxygen atoms in total. The minimum absolute atomic E-state index is 0.0791. The predicted octanol–water partition coefficient (Wildman–Crippen LogP) is 2.98. The largest absolute Gasteiger partial charge is 0.374 e. The number of fused-ring (bicyclic) bond motifs is 1. The van der Waals surface area contributed by atoms with Gasteiger partial charge in [-0.1, -0.05) is 43.5 Å². The standard InChI is InChI=1S/C17H25NO2/c18-15-8-2-1-3-9-16(15)20-12-17-14-7-5-4-6-13(14)10-11-19-17/h4-7,15-17H,1-3,8-12,18H2. The molecule has 110 valence electrons. The maximum absolute atomic E-state index is 6.22. The number of hydrogen-bond donors (Lipinski definition) is 1. The van der Waals surface area contributed by atoms with Crippen LogP contribution in [0, 0.1) is 0 Å². The number of hydrogen-bond acceptors (Lipinski definition) is 3. The third-order valence-corrected chi connectivity index (χ3v) is 4.56. The first-order valence-electron chi connectivity index (χ1n) is 7.91. The first-order chi connectivity index (χ1) is 9.84. The van der Waals surface area contributed by atoms with Crippen LogP contribution in [-0.4, -0.2) is 25.4 Å². The Morgan fingerprint density at radius 1 is 1.15 bits per heavy atom. The molecular weight excluding hydrogens is 250 g/mol. The van der Waals surface area contributed by atoms with Crippen molar-refractivity contribution < 1.29 is 9.47 Å². The lowest BCUT2D eigenvalue weighted by Gasteiger charge is -2.29. The lowest BCUT2D eigenvalue weighted by Crippen LogP contribution is -2.37. The highest BCUT2D eigenvalue weighted by atomic mass is 16.5. The normalized spacial score (nSPS) is 30.6. The zero-order valence-electron chi connectivity index (χ0n) is 12.1.